The van der Waals surface area contributed by atoms with Crippen LogP contribution in [0, 0.1) is 0 Å². The minimum atomic E-state index is -0.231. The van der Waals surface area contributed by atoms with Crippen LogP contribution in [-0.4, -0.2) is 48.6 Å². The lowest BCUT2D eigenvalue weighted by Crippen LogP contribution is -2.32. The van der Waals surface area contributed by atoms with Gasteiger partial charge in [-0.3, -0.25) is 0 Å². The van der Waals surface area contributed by atoms with Gasteiger partial charge in [-0.1, -0.05) is 0 Å². The molecule has 0 spiro atoms. The molecule has 2 atom stereocenters. The largest absolute Gasteiger partial charge is 0.395 e. The van der Waals surface area contributed by atoms with Crippen molar-refractivity contribution in [1.82, 2.24) is 0 Å². The molecule has 0 saturated heterocycles. The zero-order valence-corrected chi connectivity index (χ0v) is 7.19. The lowest BCUT2D eigenvalue weighted by molar-refractivity contribution is 0.268. The third kappa shape index (κ3) is 12.4. The van der Waals surface area contributed by atoms with Crippen molar-refractivity contribution < 1.29 is 10.2 Å². The second-order valence-electron chi connectivity index (χ2n) is 2.36. The molecule has 6 nitrogen and oxygen atoms in total. The summed E-state index contributed by atoms with van der Waals surface area (Å²) >= 11 is 0. The minimum absolute atomic E-state index is 0.0174. The Morgan fingerprint density at radius 3 is 1.08 bits per heavy atom. The summed E-state index contributed by atoms with van der Waals surface area (Å²) in [7, 11) is 0. The van der Waals surface area contributed by atoms with Crippen LogP contribution < -0.4 is 22.9 Å². The molecule has 0 aliphatic carbocycles. The van der Waals surface area contributed by atoms with E-state index in [4.69, 9.17) is 33.1 Å². The number of aliphatic hydroxyl groups is 2. The highest BCUT2D eigenvalue weighted by Crippen LogP contribution is 1.63. The number of aliphatic hydroxyl groups excluding tert-OH is 2. The van der Waals surface area contributed by atoms with Gasteiger partial charge in [-0.2, -0.15) is 0 Å². The maximum atomic E-state index is 8.13. The van der Waals surface area contributed by atoms with Gasteiger partial charge < -0.3 is 33.1 Å². The summed E-state index contributed by atoms with van der Waals surface area (Å²) in [6.07, 6.45) is 0. The van der Waals surface area contributed by atoms with Crippen molar-refractivity contribution in [1.29, 1.82) is 0 Å². The smallest absolute Gasteiger partial charge is 0.0594 e. The first-order chi connectivity index (χ1) is 5.62. The fourth-order valence-electron chi connectivity index (χ4n) is 0.149. The molecule has 12 heavy (non-hydrogen) atoms. The quantitative estimate of drug-likeness (QED) is 0.265. The second-order valence-corrected chi connectivity index (χ2v) is 2.36. The van der Waals surface area contributed by atoms with Crippen LogP contribution in [0.15, 0.2) is 0 Å². The summed E-state index contributed by atoms with van der Waals surface area (Å²) in [6.45, 7) is 0.681. The first-order valence-corrected chi connectivity index (χ1v) is 3.75. The number of nitrogens with two attached hydrogens (primary N) is 4. The Labute approximate surface area is 72.5 Å². The zero-order chi connectivity index (χ0) is 9.98. The summed E-state index contributed by atoms with van der Waals surface area (Å²) in [6, 6.07) is -0.463. The van der Waals surface area contributed by atoms with Gasteiger partial charge in [0.1, 0.15) is 0 Å². The number of rotatable bonds is 4. The molecule has 0 aromatic heterocycles. The number of hydrogen-bond donors (Lipinski definition) is 6. The van der Waals surface area contributed by atoms with Gasteiger partial charge >= 0.3 is 0 Å². The van der Waals surface area contributed by atoms with Crippen LogP contribution >= 0.6 is 0 Å². The van der Waals surface area contributed by atoms with E-state index in [0.29, 0.717) is 13.1 Å². The van der Waals surface area contributed by atoms with E-state index in [1.807, 2.05) is 0 Å². The summed E-state index contributed by atoms with van der Waals surface area (Å²) in [5.41, 5.74) is 20.2. The fourth-order valence-corrected chi connectivity index (χ4v) is 0.149. The Kier molecular flexibility index (Phi) is 12.8. The van der Waals surface area contributed by atoms with Crippen LogP contribution in [0.3, 0.4) is 0 Å². The molecule has 0 saturated carbocycles. The summed E-state index contributed by atoms with van der Waals surface area (Å²) in [5, 5.41) is 16.3. The van der Waals surface area contributed by atoms with Gasteiger partial charge in [0.15, 0.2) is 0 Å². The Morgan fingerprint density at radius 1 is 0.833 bits per heavy atom. The van der Waals surface area contributed by atoms with Crippen LogP contribution in [0.25, 0.3) is 0 Å². The van der Waals surface area contributed by atoms with Gasteiger partial charge in [0.2, 0.25) is 0 Å². The molecule has 0 aliphatic heterocycles. The molecule has 0 aliphatic rings. The highest BCUT2D eigenvalue weighted by molar-refractivity contribution is 4.56. The van der Waals surface area contributed by atoms with Crippen molar-refractivity contribution in [2.75, 3.05) is 26.3 Å². The first-order valence-electron chi connectivity index (χ1n) is 3.75. The molecule has 0 radical (unpaired) electrons. The van der Waals surface area contributed by atoms with Gasteiger partial charge in [-0.15, -0.1) is 0 Å². The molecule has 0 fully saturated rings. The van der Waals surface area contributed by atoms with Crippen molar-refractivity contribution >= 4 is 0 Å². The Balaban J connectivity index is 0. The molecular weight excluding hydrogens is 160 g/mol. The maximum absolute atomic E-state index is 8.13. The molecule has 0 rings (SSSR count). The maximum Gasteiger partial charge on any atom is 0.0594 e. The molecule has 10 N–H and O–H groups in total. The molecule has 6 heteroatoms. The van der Waals surface area contributed by atoms with E-state index in [1.165, 1.54) is 0 Å². The topological polar surface area (TPSA) is 145 Å². The fraction of sp³-hybridized carbons (Fsp3) is 1.00. The van der Waals surface area contributed by atoms with E-state index in [1.54, 1.807) is 0 Å². The van der Waals surface area contributed by atoms with Gasteiger partial charge in [0, 0.05) is 25.2 Å². The van der Waals surface area contributed by atoms with Crippen molar-refractivity contribution in [2.45, 2.75) is 12.1 Å². The number of hydrogen-bond acceptors (Lipinski definition) is 6. The zero-order valence-electron chi connectivity index (χ0n) is 7.19. The molecule has 0 amide bonds. The van der Waals surface area contributed by atoms with Crippen molar-refractivity contribution in [3.8, 4) is 0 Å². The average Bonchev–Trinajstić information content (AvgIpc) is 2.16. The average molecular weight is 180 g/mol. The predicted molar refractivity (Wildman–Crippen MR) is 48.2 cm³/mol. The normalized spacial score (nSPS) is 14.5. The molecule has 0 bridgehead atoms. The molecule has 0 aromatic carbocycles. The van der Waals surface area contributed by atoms with Crippen molar-refractivity contribution in [3.05, 3.63) is 0 Å². The van der Waals surface area contributed by atoms with Crippen LogP contribution in [0.5, 0.6) is 0 Å². The predicted octanol–water partition coefficient (Wildman–Crippen LogP) is -3.47. The van der Waals surface area contributed by atoms with Gasteiger partial charge in [-0.05, 0) is 0 Å². The van der Waals surface area contributed by atoms with E-state index in [-0.39, 0.29) is 25.3 Å². The highest BCUT2D eigenvalue weighted by atomic mass is 16.3. The molecule has 0 heterocycles. The second kappa shape index (κ2) is 10.8. The van der Waals surface area contributed by atoms with E-state index < -0.39 is 0 Å². The van der Waals surface area contributed by atoms with Crippen molar-refractivity contribution in [2.24, 2.45) is 22.9 Å². The minimum Gasteiger partial charge on any atom is -0.395 e. The Bertz CT molecular complexity index is 65.9. The third-order valence-electron chi connectivity index (χ3n) is 1.07. The van der Waals surface area contributed by atoms with Gasteiger partial charge in [0.05, 0.1) is 13.2 Å². The molecule has 2 unspecified atom stereocenters. The lowest BCUT2D eigenvalue weighted by Gasteiger charge is -1.99. The summed E-state index contributed by atoms with van der Waals surface area (Å²) in [4.78, 5) is 0. The summed E-state index contributed by atoms with van der Waals surface area (Å²) < 4.78 is 0. The first kappa shape index (κ1) is 14.3. The van der Waals surface area contributed by atoms with Crippen LogP contribution in [-0.2, 0) is 0 Å². The van der Waals surface area contributed by atoms with E-state index >= 15 is 0 Å². The molecule has 76 valence electrons. The van der Waals surface area contributed by atoms with Crippen LogP contribution in [0.1, 0.15) is 0 Å². The highest BCUT2D eigenvalue weighted by Gasteiger charge is 1.91. The Hall–Kier alpha value is -0.240. The SMILES string of the molecule is NCC(N)CO.NCC(N)CO. The van der Waals surface area contributed by atoms with E-state index in [9.17, 15) is 0 Å². The molecule has 0 aromatic rings. The Morgan fingerprint density at radius 2 is 1.08 bits per heavy atom. The summed E-state index contributed by atoms with van der Waals surface area (Å²) in [5.74, 6) is 0. The van der Waals surface area contributed by atoms with Gasteiger partial charge in [-0.25, -0.2) is 0 Å². The standard InChI is InChI=1S/2C3H10N2O/c2*4-1-3(5)2-6/h2*3,6H,1-2,4-5H2. The van der Waals surface area contributed by atoms with E-state index in [0.717, 1.165) is 0 Å². The monoisotopic (exact) mass is 180 g/mol. The van der Waals surface area contributed by atoms with E-state index in [2.05, 4.69) is 0 Å². The lowest BCUT2D eigenvalue weighted by atomic mass is 10.3. The van der Waals surface area contributed by atoms with Gasteiger partial charge in [0.25, 0.3) is 0 Å². The molecular formula is C6H20N4O2. The van der Waals surface area contributed by atoms with Crippen molar-refractivity contribution in [3.63, 3.8) is 0 Å². The van der Waals surface area contributed by atoms with Crippen LogP contribution in [0.4, 0.5) is 0 Å². The third-order valence-corrected chi connectivity index (χ3v) is 1.07. The van der Waals surface area contributed by atoms with Crippen LogP contribution in [0.2, 0.25) is 0 Å².